The molecule has 0 saturated carbocycles. The first-order valence-electron chi connectivity index (χ1n) is 11.5. The normalized spacial score (nSPS) is 9.44. The monoisotopic (exact) mass is 472 g/mol. The van der Waals surface area contributed by atoms with Crippen LogP contribution in [0.15, 0.2) is 0 Å². The molecule has 0 fully saturated rings. The highest BCUT2D eigenvalue weighted by molar-refractivity contribution is 5.67. The van der Waals surface area contributed by atoms with Crippen LogP contribution in [-0.2, 0) is 9.59 Å². The lowest BCUT2D eigenvalue weighted by Crippen LogP contribution is -1.97. The van der Waals surface area contributed by atoms with Gasteiger partial charge >= 0.3 is 11.9 Å². The highest BCUT2D eigenvalue weighted by Crippen LogP contribution is 1.99. The standard InChI is InChI=1S/C6H10O4.2C6H14O2.C4H10O2/c7-5(8)3-1-2-4-6(9)10;2*7-5-3-1-2-4-6-8;5-3-1-2-4-6/h1-4H2,(H,7,8)(H,9,10);2*7-8H,1-6H2;5-6H,1-4H2. The average molecular weight is 473 g/mol. The van der Waals surface area contributed by atoms with E-state index < -0.39 is 11.9 Å². The molecular formula is C22H48O10. The molecule has 0 aliphatic carbocycles. The fourth-order valence-electron chi connectivity index (χ4n) is 1.93. The van der Waals surface area contributed by atoms with Gasteiger partial charge in [0.15, 0.2) is 0 Å². The van der Waals surface area contributed by atoms with Crippen molar-refractivity contribution in [2.45, 2.75) is 89.9 Å². The Hall–Kier alpha value is -1.30. The topological polar surface area (TPSA) is 196 Å². The van der Waals surface area contributed by atoms with Crippen LogP contribution in [0.2, 0.25) is 0 Å². The average Bonchev–Trinajstić information content (AvgIpc) is 2.77. The van der Waals surface area contributed by atoms with E-state index in [-0.39, 0.29) is 52.5 Å². The van der Waals surface area contributed by atoms with Gasteiger partial charge in [-0.3, -0.25) is 9.59 Å². The number of aliphatic hydroxyl groups excluding tert-OH is 6. The first-order valence-corrected chi connectivity index (χ1v) is 11.5. The highest BCUT2D eigenvalue weighted by atomic mass is 16.4. The van der Waals surface area contributed by atoms with Gasteiger partial charge in [0.2, 0.25) is 0 Å². The third kappa shape index (κ3) is 63.0. The Bertz CT molecular complexity index is 297. The number of carbonyl (C=O) groups is 2. The van der Waals surface area contributed by atoms with Crippen LogP contribution in [0.3, 0.4) is 0 Å². The van der Waals surface area contributed by atoms with Crippen molar-refractivity contribution in [1.29, 1.82) is 0 Å². The van der Waals surface area contributed by atoms with E-state index in [0.29, 0.717) is 12.8 Å². The van der Waals surface area contributed by atoms with E-state index in [0.717, 1.165) is 64.2 Å². The van der Waals surface area contributed by atoms with E-state index in [4.69, 9.17) is 40.9 Å². The zero-order chi connectivity index (χ0) is 25.3. The summed E-state index contributed by atoms with van der Waals surface area (Å²) >= 11 is 0. The highest BCUT2D eigenvalue weighted by Gasteiger charge is 1.99. The second-order valence-corrected chi connectivity index (χ2v) is 6.87. The molecule has 0 aromatic carbocycles. The SMILES string of the molecule is O=C(O)CCCCC(=O)O.OCCCCCCO.OCCCCCCO.OCCCCO. The minimum Gasteiger partial charge on any atom is -0.481 e. The number of aliphatic carboxylic acids is 2. The van der Waals surface area contributed by atoms with Gasteiger partial charge in [0.1, 0.15) is 0 Å². The molecular weight excluding hydrogens is 424 g/mol. The van der Waals surface area contributed by atoms with Crippen LogP contribution >= 0.6 is 0 Å². The van der Waals surface area contributed by atoms with Gasteiger partial charge in [-0.05, 0) is 51.4 Å². The van der Waals surface area contributed by atoms with Crippen molar-refractivity contribution >= 4 is 11.9 Å². The smallest absolute Gasteiger partial charge is 0.303 e. The summed E-state index contributed by atoms with van der Waals surface area (Å²) in [5, 5.41) is 65.6. The Morgan fingerprint density at radius 1 is 0.344 bits per heavy atom. The largest absolute Gasteiger partial charge is 0.481 e. The molecule has 8 N–H and O–H groups in total. The van der Waals surface area contributed by atoms with Gasteiger partial charge in [0.05, 0.1) is 0 Å². The van der Waals surface area contributed by atoms with E-state index in [9.17, 15) is 9.59 Å². The molecule has 0 aromatic heterocycles. The summed E-state index contributed by atoms with van der Waals surface area (Å²) in [6.45, 7) is 1.52. The molecule has 10 nitrogen and oxygen atoms in total. The Balaban J connectivity index is -0.000000166. The van der Waals surface area contributed by atoms with Crippen molar-refractivity contribution in [1.82, 2.24) is 0 Å². The maximum Gasteiger partial charge on any atom is 0.303 e. The van der Waals surface area contributed by atoms with Crippen LogP contribution in [-0.4, -0.2) is 92.4 Å². The molecule has 32 heavy (non-hydrogen) atoms. The van der Waals surface area contributed by atoms with Crippen LogP contribution in [0.4, 0.5) is 0 Å². The predicted molar refractivity (Wildman–Crippen MR) is 122 cm³/mol. The van der Waals surface area contributed by atoms with Gasteiger partial charge in [0.25, 0.3) is 0 Å². The van der Waals surface area contributed by atoms with Crippen LogP contribution in [0.1, 0.15) is 89.9 Å². The third-order valence-electron chi connectivity index (χ3n) is 3.73. The van der Waals surface area contributed by atoms with E-state index in [1.807, 2.05) is 0 Å². The molecule has 0 atom stereocenters. The summed E-state index contributed by atoms with van der Waals surface area (Å²) in [6.07, 6.45) is 10.1. The lowest BCUT2D eigenvalue weighted by molar-refractivity contribution is -0.139. The number of rotatable bonds is 18. The fraction of sp³-hybridized carbons (Fsp3) is 0.909. The Labute approximate surface area is 192 Å². The minimum atomic E-state index is -0.870. The molecule has 0 rings (SSSR count). The molecule has 0 spiro atoms. The predicted octanol–water partition coefficient (Wildman–Crippen LogP) is 1.53. The van der Waals surface area contributed by atoms with E-state index in [1.54, 1.807) is 0 Å². The molecule has 0 amide bonds. The van der Waals surface area contributed by atoms with Gasteiger partial charge in [0, 0.05) is 52.5 Å². The number of hydrogen-bond acceptors (Lipinski definition) is 8. The molecule has 0 aliphatic heterocycles. The summed E-state index contributed by atoms with van der Waals surface area (Å²) < 4.78 is 0. The van der Waals surface area contributed by atoms with Gasteiger partial charge in [-0.15, -0.1) is 0 Å². The lowest BCUT2D eigenvalue weighted by atomic mass is 10.2. The number of hydrogen-bond donors (Lipinski definition) is 8. The molecule has 0 aliphatic rings. The Kier molecular flexibility index (Phi) is 47.6. The Morgan fingerprint density at radius 3 is 0.688 bits per heavy atom. The second kappa shape index (κ2) is 40.1. The molecule has 10 heteroatoms. The second-order valence-electron chi connectivity index (χ2n) is 6.87. The van der Waals surface area contributed by atoms with Crippen molar-refractivity contribution in [3.05, 3.63) is 0 Å². The molecule has 0 heterocycles. The summed E-state index contributed by atoms with van der Waals surface area (Å²) in [6, 6.07) is 0. The van der Waals surface area contributed by atoms with Gasteiger partial charge < -0.3 is 40.9 Å². The van der Waals surface area contributed by atoms with Crippen molar-refractivity contribution in [2.75, 3.05) is 39.6 Å². The van der Waals surface area contributed by atoms with Crippen LogP contribution in [0.25, 0.3) is 0 Å². The molecule has 0 bridgehead atoms. The van der Waals surface area contributed by atoms with Gasteiger partial charge in [-0.25, -0.2) is 0 Å². The van der Waals surface area contributed by atoms with Crippen molar-refractivity contribution in [3.63, 3.8) is 0 Å². The lowest BCUT2D eigenvalue weighted by Gasteiger charge is -1.93. The summed E-state index contributed by atoms with van der Waals surface area (Å²) in [5.74, 6) is -1.74. The molecule has 0 radical (unpaired) electrons. The summed E-state index contributed by atoms with van der Waals surface area (Å²) in [4.78, 5) is 19.8. The minimum absolute atomic E-state index is 0.0628. The first kappa shape index (κ1) is 38.0. The van der Waals surface area contributed by atoms with Crippen LogP contribution in [0.5, 0.6) is 0 Å². The Morgan fingerprint density at radius 2 is 0.531 bits per heavy atom. The van der Waals surface area contributed by atoms with Crippen molar-refractivity contribution in [2.24, 2.45) is 0 Å². The zero-order valence-corrected chi connectivity index (χ0v) is 19.5. The van der Waals surface area contributed by atoms with Crippen molar-refractivity contribution < 1.29 is 50.4 Å². The number of carboxylic acid groups (broad SMARTS) is 2. The molecule has 196 valence electrons. The first-order chi connectivity index (χ1) is 15.4. The third-order valence-corrected chi connectivity index (χ3v) is 3.73. The van der Waals surface area contributed by atoms with Gasteiger partial charge in [-0.2, -0.15) is 0 Å². The number of unbranched alkanes of at least 4 members (excludes halogenated alkanes) is 8. The van der Waals surface area contributed by atoms with Crippen LogP contribution < -0.4 is 0 Å². The molecule has 0 unspecified atom stereocenters. The summed E-state index contributed by atoms with van der Waals surface area (Å²) in [7, 11) is 0. The quantitative estimate of drug-likeness (QED) is 0.135. The fourth-order valence-corrected chi connectivity index (χ4v) is 1.93. The van der Waals surface area contributed by atoms with E-state index in [2.05, 4.69) is 0 Å². The van der Waals surface area contributed by atoms with Crippen LogP contribution in [0, 0.1) is 0 Å². The molecule has 0 aromatic rings. The van der Waals surface area contributed by atoms with E-state index in [1.165, 1.54) is 0 Å². The number of aliphatic hydroxyl groups is 6. The van der Waals surface area contributed by atoms with Crippen molar-refractivity contribution in [3.8, 4) is 0 Å². The maximum absolute atomic E-state index is 9.90. The maximum atomic E-state index is 9.90. The number of carboxylic acids is 2. The van der Waals surface area contributed by atoms with E-state index >= 15 is 0 Å². The summed E-state index contributed by atoms with van der Waals surface area (Å²) in [5.41, 5.74) is 0. The zero-order valence-electron chi connectivity index (χ0n) is 19.5. The molecule has 0 saturated heterocycles. The van der Waals surface area contributed by atoms with Gasteiger partial charge in [-0.1, -0.05) is 25.7 Å².